The van der Waals surface area contributed by atoms with Gasteiger partial charge in [-0.1, -0.05) is 12.1 Å². The van der Waals surface area contributed by atoms with Crippen LogP contribution in [-0.2, 0) is 27.1 Å². The summed E-state index contributed by atoms with van der Waals surface area (Å²) in [5, 5.41) is 3.56. The first-order chi connectivity index (χ1) is 16.1. The van der Waals surface area contributed by atoms with E-state index in [1.54, 1.807) is 0 Å². The van der Waals surface area contributed by atoms with Gasteiger partial charge in [0.2, 0.25) is 10.8 Å². The Bertz CT molecular complexity index is 989. The van der Waals surface area contributed by atoms with Gasteiger partial charge in [-0.2, -0.15) is 4.98 Å². The number of esters is 1. The number of piperidine rings is 1. The Morgan fingerprint density at radius 3 is 2.58 bits per heavy atom. The first-order valence-corrected chi connectivity index (χ1v) is 13.0. The summed E-state index contributed by atoms with van der Waals surface area (Å²) in [6.45, 7) is 3.22. The monoisotopic (exact) mass is 470 g/mol. The van der Waals surface area contributed by atoms with Crippen LogP contribution in [0.3, 0.4) is 0 Å². The molecule has 2 fully saturated rings. The SMILES string of the molecule is COC(=O)c1ccc(C2CCN(c3nc4c(c(NC5CCOCC5)n3)[S+]([O-])CC4)CC2)cc1. The van der Waals surface area contributed by atoms with Crippen LogP contribution < -0.4 is 10.2 Å². The second kappa shape index (κ2) is 9.87. The predicted molar refractivity (Wildman–Crippen MR) is 126 cm³/mol. The molecule has 0 saturated carbocycles. The van der Waals surface area contributed by atoms with Crippen LogP contribution >= 0.6 is 0 Å². The lowest BCUT2D eigenvalue weighted by atomic mass is 9.89. The van der Waals surface area contributed by atoms with Crippen molar-refractivity contribution in [3.05, 3.63) is 41.1 Å². The van der Waals surface area contributed by atoms with Crippen molar-refractivity contribution in [3.8, 4) is 0 Å². The molecule has 0 bridgehead atoms. The molecule has 3 aliphatic heterocycles. The molecule has 1 atom stereocenters. The summed E-state index contributed by atoms with van der Waals surface area (Å²) in [7, 11) is 1.40. The molecule has 9 heteroatoms. The third-order valence-corrected chi connectivity index (χ3v) is 8.28. The summed E-state index contributed by atoms with van der Waals surface area (Å²) in [6.07, 6.45) is 4.59. The molecule has 33 heavy (non-hydrogen) atoms. The maximum atomic E-state index is 12.6. The smallest absolute Gasteiger partial charge is 0.337 e. The van der Waals surface area contributed by atoms with Crippen LogP contribution in [0.15, 0.2) is 29.2 Å². The molecule has 0 spiro atoms. The number of hydrogen-bond donors (Lipinski definition) is 1. The van der Waals surface area contributed by atoms with Crippen LogP contribution in [-0.4, -0.2) is 65.7 Å². The summed E-state index contributed by atoms with van der Waals surface area (Å²) in [5.41, 5.74) is 2.75. The Labute approximate surface area is 197 Å². The molecule has 0 amide bonds. The molecule has 2 saturated heterocycles. The molecule has 1 aromatic heterocycles. The van der Waals surface area contributed by atoms with Crippen LogP contribution in [0.25, 0.3) is 0 Å². The van der Waals surface area contributed by atoms with Gasteiger partial charge in [-0.25, -0.2) is 9.78 Å². The van der Waals surface area contributed by atoms with E-state index < -0.39 is 11.2 Å². The van der Waals surface area contributed by atoms with Crippen molar-refractivity contribution in [1.82, 2.24) is 9.97 Å². The van der Waals surface area contributed by atoms with Gasteiger partial charge in [0.25, 0.3) is 0 Å². The number of hydrogen-bond acceptors (Lipinski definition) is 8. The average Bonchev–Trinajstić information content (AvgIpc) is 3.25. The van der Waals surface area contributed by atoms with Gasteiger partial charge in [-0.3, -0.25) is 0 Å². The Kier molecular flexibility index (Phi) is 6.71. The number of methoxy groups -OCH3 is 1. The number of fused-ring (bicyclic) bond motifs is 1. The van der Waals surface area contributed by atoms with Gasteiger partial charge in [0, 0.05) is 38.8 Å². The van der Waals surface area contributed by atoms with Crippen LogP contribution in [0.2, 0.25) is 0 Å². The standard InChI is InChI=1S/C24H30N4O4S/c1-31-23(29)18-4-2-16(3-5-18)17-6-11-28(12-7-17)24-26-20-10-15-33(30)21(20)22(27-24)25-19-8-13-32-14-9-19/h2-5,17,19H,6-15H2,1H3,(H,25,26,27). The van der Waals surface area contributed by atoms with Crippen LogP contribution in [0.1, 0.15) is 53.2 Å². The highest BCUT2D eigenvalue weighted by Crippen LogP contribution is 2.35. The maximum absolute atomic E-state index is 12.6. The molecule has 0 radical (unpaired) electrons. The molecule has 4 heterocycles. The van der Waals surface area contributed by atoms with E-state index in [1.807, 2.05) is 24.3 Å². The second-order valence-electron chi connectivity index (χ2n) is 8.85. The molecule has 1 aromatic carbocycles. The minimum absolute atomic E-state index is 0.293. The zero-order valence-corrected chi connectivity index (χ0v) is 19.7. The van der Waals surface area contributed by atoms with Crippen molar-refractivity contribution >= 4 is 28.9 Å². The molecular formula is C24H30N4O4S. The molecule has 2 aromatic rings. The number of nitrogens with one attached hydrogen (secondary N) is 1. The number of rotatable bonds is 5. The number of nitrogens with zero attached hydrogens (tertiary/aromatic N) is 3. The fourth-order valence-corrected chi connectivity index (χ4v) is 6.19. The highest BCUT2D eigenvalue weighted by molar-refractivity contribution is 7.91. The van der Waals surface area contributed by atoms with Crippen molar-refractivity contribution in [2.24, 2.45) is 0 Å². The van der Waals surface area contributed by atoms with E-state index in [2.05, 4.69) is 10.2 Å². The summed E-state index contributed by atoms with van der Waals surface area (Å²) in [5.74, 6) is 2.24. The summed E-state index contributed by atoms with van der Waals surface area (Å²) in [6, 6.07) is 8.03. The van der Waals surface area contributed by atoms with E-state index in [0.29, 0.717) is 23.3 Å². The number of carbonyl (C=O) groups excluding carboxylic acids is 1. The van der Waals surface area contributed by atoms with Crippen LogP contribution in [0.5, 0.6) is 0 Å². The van der Waals surface area contributed by atoms with Gasteiger partial charge in [-0.05, 0) is 60.5 Å². The highest BCUT2D eigenvalue weighted by atomic mass is 32.2. The largest absolute Gasteiger partial charge is 0.611 e. The average molecular weight is 471 g/mol. The zero-order chi connectivity index (χ0) is 22.8. The summed E-state index contributed by atoms with van der Waals surface area (Å²) < 4.78 is 22.9. The van der Waals surface area contributed by atoms with Gasteiger partial charge in [0.15, 0.2) is 5.82 Å². The highest BCUT2D eigenvalue weighted by Gasteiger charge is 2.34. The van der Waals surface area contributed by atoms with Crippen molar-refractivity contribution < 1.29 is 18.8 Å². The van der Waals surface area contributed by atoms with Gasteiger partial charge in [0.05, 0.1) is 12.7 Å². The van der Waals surface area contributed by atoms with Crippen molar-refractivity contribution in [2.75, 3.05) is 49.4 Å². The van der Waals surface area contributed by atoms with Gasteiger partial charge < -0.3 is 24.2 Å². The van der Waals surface area contributed by atoms with Gasteiger partial charge in [0.1, 0.15) is 11.4 Å². The zero-order valence-electron chi connectivity index (χ0n) is 18.9. The number of benzene rings is 1. The van der Waals surface area contributed by atoms with Gasteiger partial charge in [-0.15, -0.1) is 0 Å². The minimum Gasteiger partial charge on any atom is -0.611 e. The summed E-state index contributed by atoms with van der Waals surface area (Å²) >= 11 is -1.03. The van der Waals surface area contributed by atoms with E-state index in [-0.39, 0.29) is 5.97 Å². The summed E-state index contributed by atoms with van der Waals surface area (Å²) in [4.78, 5) is 24.4. The number of aryl methyl sites for hydroxylation is 1. The van der Waals surface area contributed by atoms with Gasteiger partial charge >= 0.3 is 5.97 Å². The quantitative estimate of drug-likeness (QED) is 0.526. The molecule has 3 aliphatic rings. The Morgan fingerprint density at radius 1 is 1.15 bits per heavy atom. The number of carbonyl (C=O) groups is 1. The lowest BCUT2D eigenvalue weighted by molar-refractivity contribution is 0.0600. The van der Waals surface area contributed by atoms with E-state index in [4.69, 9.17) is 19.4 Å². The fraction of sp³-hybridized carbons (Fsp3) is 0.542. The molecule has 1 N–H and O–H groups in total. The van der Waals surface area contributed by atoms with Crippen LogP contribution in [0.4, 0.5) is 11.8 Å². The molecule has 1 unspecified atom stereocenters. The molecule has 5 rings (SSSR count). The number of anilines is 2. The van der Waals surface area contributed by atoms with E-state index in [1.165, 1.54) is 12.7 Å². The first-order valence-electron chi connectivity index (χ1n) is 11.7. The lowest BCUT2D eigenvalue weighted by Gasteiger charge is -2.33. The number of aromatic nitrogens is 2. The molecule has 8 nitrogen and oxygen atoms in total. The van der Waals surface area contributed by atoms with Crippen molar-refractivity contribution in [2.45, 2.75) is 49.0 Å². The third kappa shape index (κ3) is 4.81. The Morgan fingerprint density at radius 2 is 1.88 bits per heavy atom. The Balaban J connectivity index is 1.29. The fourth-order valence-electron chi connectivity index (χ4n) is 4.88. The Hall–Kier alpha value is -2.36. The first kappa shape index (κ1) is 22.4. The van der Waals surface area contributed by atoms with Crippen molar-refractivity contribution in [1.29, 1.82) is 0 Å². The molecular weight excluding hydrogens is 440 g/mol. The van der Waals surface area contributed by atoms with Crippen LogP contribution in [0, 0.1) is 0 Å². The minimum atomic E-state index is -1.03. The second-order valence-corrected chi connectivity index (χ2v) is 10.4. The van der Waals surface area contributed by atoms with E-state index >= 15 is 0 Å². The number of ether oxygens (including phenoxy) is 2. The third-order valence-electron chi connectivity index (χ3n) is 6.82. The van der Waals surface area contributed by atoms with Crippen molar-refractivity contribution in [3.63, 3.8) is 0 Å². The van der Waals surface area contributed by atoms with E-state index in [9.17, 15) is 9.35 Å². The molecule has 176 valence electrons. The lowest BCUT2D eigenvalue weighted by Crippen LogP contribution is -2.35. The van der Waals surface area contributed by atoms with E-state index in [0.717, 1.165) is 80.8 Å². The normalized spacial score (nSPS) is 21.6. The predicted octanol–water partition coefficient (Wildman–Crippen LogP) is 2.90. The topological polar surface area (TPSA) is 99.6 Å². The molecule has 0 aliphatic carbocycles. The maximum Gasteiger partial charge on any atom is 0.337 e.